The average molecular weight is 492 g/mol. The molecular weight excluding hydrogens is 458 g/mol. The van der Waals surface area contributed by atoms with Gasteiger partial charge in [0, 0.05) is 19.5 Å². The molecule has 190 valence electrons. The second kappa shape index (κ2) is 11.3. The molecule has 1 atom stereocenters. The Bertz CT molecular complexity index is 1250. The van der Waals surface area contributed by atoms with E-state index in [0.717, 1.165) is 25.7 Å². The molecule has 4 rings (SSSR count). The lowest BCUT2D eigenvalue weighted by Gasteiger charge is -2.22. The van der Waals surface area contributed by atoms with Crippen LogP contribution in [0.2, 0.25) is 0 Å². The van der Waals surface area contributed by atoms with Crippen LogP contribution >= 0.6 is 0 Å². The summed E-state index contributed by atoms with van der Waals surface area (Å²) in [5, 5.41) is 11.4. The molecule has 1 saturated heterocycles. The topological polar surface area (TPSA) is 93.9 Å². The number of aromatic nitrogens is 2. The predicted octanol–water partition coefficient (Wildman–Crippen LogP) is 4.00. The molecule has 1 unspecified atom stereocenters. The lowest BCUT2D eigenvalue weighted by Crippen LogP contribution is -2.35. The van der Waals surface area contributed by atoms with Crippen molar-refractivity contribution in [1.29, 1.82) is 0 Å². The summed E-state index contributed by atoms with van der Waals surface area (Å²) in [7, 11) is 3.03. The first-order valence-corrected chi connectivity index (χ1v) is 12.4. The summed E-state index contributed by atoms with van der Waals surface area (Å²) in [6.45, 7) is 3.07. The number of hydrogen-bond donors (Lipinski definition) is 1. The molecule has 3 aromatic rings. The lowest BCUT2D eigenvalue weighted by molar-refractivity contribution is 0.0780. The Morgan fingerprint density at radius 2 is 1.78 bits per heavy atom. The molecule has 0 radical (unpaired) electrons. The normalized spacial score (nSPS) is 15.2. The molecule has 1 aliphatic rings. The molecule has 8 heteroatoms. The van der Waals surface area contributed by atoms with Gasteiger partial charge in [0.1, 0.15) is 23.0 Å². The quantitative estimate of drug-likeness (QED) is 0.486. The highest BCUT2D eigenvalue weighted by molar-refractivity contribution is 5.96. The maximum atomic E-state index is 13.6. The largest absolute Gasteiger partial charge is 0.494 e. The molecule has 2 aromatic carbocycles. The second-order valence-corrected chi connectivity index (χ2v) is 9.08. The number of benzene rings is 2. The third-order valence-electron chi connectivity index (χ3n) is 6.67. The van der Waals surface area contributed by atoms with Crippen molar-refractivity contribution in [2.75, 3.05) is 27.3 Å². The summed E-state index contributed by atoms with van der Waals surface area (Å²) in [6.07, 6.45) is 3.75. The van der Waals surface area contributed by atoms with Crippen LogP contribution in [0.1, 0.15) is 47.9 Å². The van der Waals surface area contributed by atoms with E-state index in [1.54, 1.807) is 23.1 Å². The molecule has 0 saturated carbocycles. The highest BCUT2D eigenvalue weighted by Gasteiger charge is 2.33. The van der Waals surface area contributed by atoms with E-state index in [2.05, 4.69) is 17.1 Å². The maximum absolute atomic E-state index is 13.6. The highest BCUT2D eigenvalue weighted by atomic mass is 16.5. The van der Waals surface area contributed by atoms with Crippen LogP contribution in [-0.4, -0.2) is 52.8 Å². The van der Waals surface area contributed by atoms with E-state index >= 15 is 0 Å². The van der Waals surface area contributed by atoms with E-state index < -0.39 is 17.3 Å². The van der Waals surface area contributed by atoms with Crippen LogP contribution in [0.25, 0.3) is 5.69 Å². The first-order valence-electron chi connectivity index (χ1n) is 12.4. The van der Waals surface area contributed by atoms with Crippen molar-refractivity contribution in [3.8, 4) is 23.1 Å². The SMILES string of the molecule is CCCCc1nc(=O)c(C(=O)N2CCC(Cc3ccccc3)C2)c(O)n1-c1c(OC)cccc1OC. The van der Waals surface area contributed by atoms with E-state index in [0.29, 0.717) is 42.5 Å². The van der Waals surface area contributed by atoms with Crippen LogP contribution in [0.4, 0.5) is 0 Å². The Labute approximate surface area is 211 Å². The number of carbonyl (C=O) groups is 1. The number of amides is 1. The molecule has 1 N–H and O–H groups in total. The van der Waals surface area contributed by atoms with Crippen molar-refractivity contribution in [2.45, 2.75) is 39.0 Å². The van der Waals surface area contributed by atoms with Gasteiger partial charge in [0.25, 0.3) is 11.5 Å². The molecule has 1 amide bonds. The number of carbonyl (C=O) groups excluding carboxylic acids is 1. The van der Waals surface area contributed by atoms with Gasteiger partial charge in [-0.3, -0.25) is 14.2 Å². The van der Waals surface area contributed by atoms with Gasteiger partial charge in [0.05, 0.1) is 14.2 Å². The number of aromatic hydroxyl groups is 1. The molecular formula is C28H33N3O5. The summed E-state index contributed by atoms with van der Waals surface area (Å²) in [4.78, 5) is 32.6. The van der Waals surface area contributed by atoms with Gasteiger partial charge in [-0.1, -0.05) is 49.7 Å². The molecule has 0 aliphatic carbocycles. The third-order valence-corrected chi connectivity index (χ3v) is 6.67. The third kappa shape index (κ3) is 5.08. The Morgan fingerprint density at radius 1 is 1.08 bits per heavy atom. The summed E-state index contributed by atoms with van der Waals surface area (Å²) >= 11 is 0. The highest BCUT2D eigenvalue weighted by Crippen LogP contribution is 2.37. The van der Waals surface area contributed by atoms with Crippen LogP contribution in [0.15, 0.2) is 53.3 Å². The molecule has 0 spiro atoms. The number of likely N-dealkylation sites (tertiary alicyclic amines) is 1. The van der Waals surface area contributed by atoms with Crippen LogP contribution < -0.4 is 15.0 Å². The fraction of sp³-hybridized carbons (Fsp3) is 0.393. The van der Waals surface area contributed by atoms with Gasteiger partial charge in [-0.25, -0.2) is 0 Å². The Balaban J connectivity index is 1.74. The van der Waals surface area contributed by atoms with Gasteiger partial charge in [0.2, 0.25) is 5.88 Å². The predicted molar refractivity (Wildman–Crippen MR) is 137 cm³/mol. The van der Waals surface area contributed by atoms with Crippen molar-refractivity contribution in [3.63, 3.8) is 0 Å². The summed E-state index contributed by atoms with van der Waals surface area (Å²) < 4.78 is 12.5. The van der Waals surface area contributed by atoms with Crippen LogP contribution in [-0.2, 0) is 12.8 Å². The Morgan fingerprint density at radius 3 is 2.42 bits per heavy atom. The first kappa shape index (κ1) is 25.3. The van der Waals surface area contributed by atoms with E-state index in [1.807, 2.05) is 25.1 Å². The van der Waals surface area contributed by atoms with Gasteiger partial charge >= 0.3 is 0 Å². The zero-order valence-electron chi connectivity index (χ0n) is 21.1. The second-order valence-electron chi connectivity index (χ2n) is 9.08. The van der Waals surface area contributed by atoms with Gasteiger partial charge in [0.15, 0.2) is 5.56 Å². The molecule has 8 nitrogen and oxygen atoms in total. The number of methoxy groups -OCH3 is 2. The maximum Gasteiger partial charge on any atom is 0.289 e. The van der Waals surface area contributed by atoms with E-state index in [-0.39, 0.29) is 11.5 Å². The minimum Gasteiger partial charge on any atom is -0.494 e. The van der Waals surface area contributed by atoms with Crippen molar-refractivity contribution in [2.24, 2.45) is 5.92 Å². The number of rotatable bonds is 9. The van der Waals surface area contributed by atoms with Crippen molar-refractivity contribution < 1.29 is 19.4 Å². The standard InChI is InChI=1S/C28H33N3O5/c1-4-5-14-23-29-26(32)24(28(34)31(23)25-21(35-2)12-9-13-22(25)36-3)27(33)30-16-15-20(18-30)17-19-10-7-6-8-11-19/h6-13,20,34H,4-5,14-18H2,1-3H3. The minimum atomic E-state index is -0.722. The molecule has 36 heavy (non-hydrogen) atoms. The number of aryl methyl sites for hydroxylation is 1. The van der Waals surface area contributed by atoms with E-state index in [1.165, 1.54) is 24.4 Å². The van der Waals surface area contributed by atoms with Gasteiger partial charge in [-0.2, -0.15) is 4.98 Å². The lowest BCUT2D eigenvalue weighted by atomic mass is 9.99. The zero-order valence-corrected chi connectivity index (χ0v) is 21.1. The molecule has 0 bridgehead atoms. The van der Waals surface area contributed by atoms with Crippen molar-refractivity contribution in [1.82, 2.24) is 14.5 Å². The van der Waals surface area contributed by atoms with Crippen LogP contribution in [0.5, 0.6) is 17.4 Å². The smallest absolute Gasteiger partial charge is 0.289 e. The first-order chi connectivity index (χ1) is 17.5. The summed E-state index contributed by atoms with van der Waals surface area (Å²) in [5.74, 6) is 0.533. The number of unbranched alkanes of at least 4 members (excludes halogenated alkanes) is 1. The summed E-state index contributed by atoms with van der Waals surface area (Å²) in [6, 6.07) is 15.4. The van der Waals surface area contributed by atoms with Crippen LogP contribution in [0.3, 0.4) is 0 Å². The molecule has 2 heterocycles. The van der Waals surface area contributed by atoms with E-state index in [9.17, 15) is 14.7 Å². The van der Waals surface area contributed by atoms with Crippen molar-refractivity contribution in [3.05, 3.63) is 75.8 Å². The van der Waals surface area contributed by atoms with Crippen molar-refractivity contribution >= 4 is 5.91 Å². The fourth-order valence-corrected chi connectivity index (χ4v) is 4.82. The molecule has 1 aliphatic heterocycles. The average Bonchev–Trinajstić information content (AvgIpc) is 3.36. The number of ether oxygens (including phenoxy) is 2. The molecule has 1 fully saturated rings. The number of hydrogen-bond acceptors (Lipinski definition) is 6. The van der Waals surface area contributed by atoms with E-state index in [4.69, 9.17) is 9.47 Å². The Hall–Kier alpha value is -3.81. The summed E-state index contributed by atoms with van der Waals surface area (Å²) in [5.41, 5.74) is 0.562. The zero-order chi connectivity index (χ0) is 25.7. The van der Waals surface area contributed by atoms with Gasteiger partial charge in [-0.05, 0) is 42.9 Å². The van der Waals surface area contributed by atoms with Crippen LogP contribution in [0, 0.1) is 5.92 Å². The van der Waals surface area contributed by atoms with Gasteiger partial charge in [-0.15, -0.1) is 0 Å². The fourth-order valence-electron chi connectivity index (χ4n) is 4.82. The minimum absolute atomic E-state index is 0.284. The Kier molecular flexibility index (Phi) is 7.93. The number of nitrogens with zero attached hydrogens (tertiary/aromatic N) is 3. The monoisotopic (exact) mass is 491 g/mol. The molecule has 1 aromatic heterocycles. The number of para-hydroxylation sites is 1. The van der Waals surface area contributed by atoms with Gasteiger partial charge < -0.3 is 19.5 Å².